The molecule has 0 atom stereocenters. The number of anilines is 1. The Bertz CT molecular complexity index is 848. The van der Waals surface area contributed by atoms with Crippen molar-refractivity contribution in [1.29, 1.82) is 0 Å². The van der Waals surface area contributed by atoms with Crippen LogP contribution in [0.25, 0.3) is 10.2 Å². The van der Waals surface area contributed by atoms with E-state index >= 15 is 0 Å². The minimum atomic E-state index is -0.226. The Morgan fingerprint density at radius 1 is 1.13 bits per heavy atom. The first-order valence-corrected chi connectivity index (χ1v) is 8.30. The molecule has 1 amide bonds. The third kappa shape index (κ3) is 3.72. The van der Waals surface area contributed by atoms with Crippen LogP contribution in [0.4, 0.5) is 5.13 Å². The largest absolute Gasteiger partial charge is 0.308 e. The molecule has 0 fully saturated rings. The highest BCUT2D eigenvalue weighted by atomic mass is 32.1. The van der Waals surface area contributed by atoms with Gasteiger partial charge in [-0.15, -0.1) is 0 Å². The zero-order valence-electron chi connectivity index (χ0n) is 12.7. The highest BCUT2D eigenvalue weighted by Crippen LogP contribution is 2.25. The smallest absolute Gasteiger partial charge is 0.257 e. The number of rotatable bonds is 2. The fourth-order valence-corrected chi connectivity index (χ4v) is 3.46. The van der Waals surface area contributed by atoms with Gasteiger partial charge in [0.2, 0.25) is 0 Å². The molecule has 3 aromatic rings. The molecular formula is C17H15N3OS2. The number of nitrogens with zero attached hydrogens (tertiary/aromatic N) is 1. The maximum atomic E-state index is 12.3. The number of benzene rings is 2. The number of thiocarbonyl (C=S) groups is 1. The minimum absolute atomic E-state index is 0.226. The molecule has 0 saturated heterocycles. The third-order valence-corrected chi connectivity index (χ3v) is 4.38. The third-order valence-electron chi connectivity index (χ3n) is 3.23. The number of carbonyl (C=O) groups is 1. The van der Waals surface area contributed by atoms with Crippen molar-refractivity contribution in [1.82, 2.24) is 10.3 Å². The number of nitrogens with one attached hydrogen (secondary N) is 2. The first-order valence-electron chi connectivity index (χ1n) is 7.07. The van der Waals surface area contributed by atoms with Gasteiger partial charge < -0.3 is 5.32 Å². The molecule has 1 aromatic heterocycles. The molecule has 0 bridgehead atoms. The van der Waals surface area contributed by atoms with Gasteiger partial charge in [0.1, 0.15) is 0 Å². The van der Waals surface area contributed by atoms with Crippen molar-refractivity contribution in [2.24, 2.45) is 0 Å². The number of fused-ring (bicyclic) bond motifs is 1. The predicted octanol–water partition coefficient (Wildman–Crippen LogP) is 4.04. The van der Waals surface area contributed by atoms with Gasteiger partial charge in [0.15, 0.2) is 10.2 Å². The van der Waals surface area contributed by atoms with E-state index in [2.05, 4.69) is 15.6 Å². The van der Waals surface area contributed by atoms with Crippen LogP contribution in [0.5, 0.6) is 0 Å². The minimum Gasteiger partial charge on any atom is -0.308 e. The second kappa shape index (κ2) is 6.44. The first kappa shape index (κ1) is 15.6. The lowest BCUT2D eigenvalue weighted by Gasteiger charge is -2.08. The van der Waals surface area contributed by atoms with Crippen LogP contribution in [0, 0.1) is 13.8 Å². The molecule has 2 aromatic carbocycles. The summed E-state index contributed by atoms with van der Waals surface area (Å²) in [5, 5.41) is 6.57. The fourth-order valence-electron chi connectivity index (χ4n) is 2.34. The lowest BCUT2D eigenvalue weighted by atomic mass is 10.1. The van der Waals surface area contributed by atoms with Crippen LogP contribution in [0.1, 0.15) is 21.5 Å². The van der Waals surface area contributed by atoms with Crippen molar-refractivity contribution in [3.05, 3.63) is 59.2 Å². The van der Waals surface area contributed by atoms with Crippen molar-refractivity contribution in [3.63, 3.8) is 0 Å². The Hall–Kier alpha value is -2.31. The highest BCUT2D eigenvalue weighted by molar-refractivity contribution is 7.80. The number of thiazole rings is 1. The second-order valence-corrected chi connectivity index (χ2v) is 6.71. The molecule has 6 heteroatoms. The molecule has 0 unspecified atom stereocenters. The van der Waals surface area contributed by atoms with Crippen molar-refractivity contribution in [3.8, 4) is 0 Å². The quantitative estimate of drug-likeness (QED) is 0.691. The van der Waals surface area contributed by atoms with Crippen LogP contribution in [-0.2, 0) is 0 Å². The summed E-state index contributed by atoms with van der Waals surface area (Å²) in [5.41, 5.74) is 3.58. The zero-order valence-corrected chi connectivity index (χ0v) is 14.3. The molecule has 0 aliphatic carbocycles. The van der Waals surface area contributed by atoms with Gasteiger partial charge in [0.25, 0.3) is 5.91 Å². The van der Waals surface area contributed by atoms with Crippen molar-refractivity contribution in [2.45, 2.75) is 13.8 Å². The van der Waals surface area contributed by atoms with Crippen LogP contribution in [0.3, 0.4) is 0 Å². The Kier molecular flexibility index (Phi) is 4.36. The summed E-state index contributed by atoms with van der Waals surface area (Å²) in [5.74, 6) is -0.226. The molecule has 116 valence electrons. The van der Waals surface area contributed by atoms with Gasteiger partial charge in [-0.2, -0.15) is 0 Å². The fraction of sp³-hybridized carbons (Fsp3) is 0.118. The number of aromatic nitrogens is 1. The van der Waals surface area contributed by atoms with Gasteiger partial charge in [-0.05, 0) is 50.3 Å². The van der Waals surface area contributed by atoms with E-state index in [4.69, 9.17) is 12.2 Å². The van der Waals surface area contributed by atoms with Crippen LogP contribution >= 0.6 is 23.6 Å². The molecule has 0 saturated carbocycles. The standard InChI is InChI=1S/C17H15N3OS2/c1-10-7-11(2)9-12(8-10)15(21)19-16(22)20-17-18-13-5-3-4-6-14(13)23-17/h3-9H,1-2H3,(H2,18,19,20,21,22). The highest BCUT2D eigenvalue weighted by Gasteiger charge is 2.10. The number of amides is 1. The maximum absolute atomic E-state index is 12.3. The number of para-hydroxylation sites is 1. The van der Waals surface area contributed by atoms with E-state index in [0.717, 1.165) is 21.3 Å². The summed E-state index contributed by atoms with van der Waals surface area (Å²) >= 11 is 6.70. The molecule has 0 radical (unpaired) electrons. The monoisotopic (exact) mass is 341 g/mol. The molecule has 4 nitrogen and oxygen atoms in total. The Labute approximate surface area is 143 Å². The van der Waals surface area contributed by atoms with Crippen LogP contribution in [0.2, 0.25) is 0 Å². The van der Waals surface area contributed by atoms with Gasteiger partial charge >= 0.3 is 0 Å². The van der Waals surface area contributed by atoms with Gasteiger partial charge in [0, 0.05) is 5.56 Å². The summed E-state index contributed by atoms with van der Waals surface area (Å²) in [6.45, 7) is 3.92. The van der Waals surface area contributed by atoms with Crippen molar-refractivity contribution in [2.75, 3.05) is 5.32 Å². The Morgan fingerprint density at radius 2 is 1.83 bits per heavy atom. The maximum Gasteiger partial charge on any atom is 0.257 e. The van der Waals surface area contributed by atoms with E-state index in [-0.39, 0.29) is 11.0 Å². The van der Waals surface area contributed by atoms with E-state index in [1.54, 1.807) is 0 Å². The summed E-state index contributed by atoms with van der Waals surface area (Å²) in [6, 6.07) is 13.5. The number of hydrogen-bond donors (Lipinski definition) is 2. The van der Waals surface area contributed by atoms with E-state index in [9.17, 15) is 4.79 Å². The molecular weight excluding hydrogens is 326 g/mol. The van der Waals surface area contributed by atoms with E-state index in [0.29, 0.717) is 10.7 Å². The van der Waals surface area contributed by atoms with E-state index in [1.165, 1.54) is 11.3 Å². The molecule has 2 N–H and O–H groups in total. The summed E-state index contributed by atoms with van der Waals surface area (Å²) in [4.78, 5) is 16.7. The lowest BCUT2D eigenvalue weighted by molar-refractivity contribution is 0.0977. The van der Waals surface area contributed by atoms with Crippen LogP contribution in [0.15, 0.2) is 42.5 Å². The van der Waals surface area contributed by atoms with E-state index in [1.807, 2.05) is 56.3 Å². The lowest BCUT2D eigenvalue weighted by Crippen LogP contribution is -2.34. The Balaban J connectivity index is 1.70. The molecule has 0 aliphatic rings. The number of aryl methyl sites for hydroxylation is 2. The number of carbonyl (C=O) groups excluding carboxylic acids is 1. The average molecular weight is 341 g/mol. The van der Waals surface area contributed by atoms with Crippen molar-refractivity contribution >= 4 is 49.9 Å². The summed E-state index contributed by atoms with van der Waals surface area (Å²) in [7, 11) is 0. The molecule has 1 heterocycles. The summed E-state index contributed by atoms with van der Waals surface area (Å²) < 4.78 is 1.07. The molecule has 0 aliphatic heterocycles. The molecule has 3 rings (SSSR count). The van der Waals surface area contributed by atoms with Crippen LogP contribution in [-0.4, -0.2) is 16.0 Å². The first-order chi connectivity index (χ1) is 11.0. The van der Waals surface area contributed by atoms with Gasteiger partial charge in [0.05, 0.1) is 10.2 Å². The second-order valence-electron chi connectivity index (χ2n) is 5.27. The predicted molar refractivity (Wildman–Crippen MR) is 99.2 cm³/mol. The Morgan fingerprint density at radius 3 is 2.52 bits per heavy atom. The van der Waals surface area contributed by atoms with Crippen molar-refractivity contribution < 1.29 is 4.79 Å². The van der Waals surface area contributed by atoms with Gasteiger partial charge in [-0.3, -0.25) is 10.1 Å². The normalized spacial score (nSPS) is 10.5. The van der Waals surface area contributed by atoms with E-state index < -0.39 is 0 Å². The average Bonchev–Trinajstić information content (AvgIpc) is 2.87. The number of hydrogen-bond acceptors (Lipinski definition) is 4. The zero-order chi connectivity index (χ0) is 16.4. The summed E-state index contributed by atoms with van der Waals surface area (Å²) in [6.07, 6.45) is 0. The van der Waals surface area contributed by atoms with Gasteiger partial charge in [-0.1, -0.05) is 40.7 Å². The van der Waals surface area contributed by atoms with Gasteiger partial charge in [-0.25, -0.2) is 4.98 Å². The molecule has 23 heavy (non-hydrogen) atoms. The topological polar surface area (TPSA) is 54.0 Å². The van der Waals surface area contributed by atoms with Crippen LogP contribution < -0.4 is 10.6 Å². The molecule has 0 spiro atoms. The SMILES string of the molecule is Cc1cc(C)cc(C(=O)NC(=S)Nc2nc3ccccc3s2)c1.